The van der Waals surface area contributed by atoms with Crippen LogP contribution in [0.3, 0.4) is 0 Å². The van der Waals surface area contributed by atoms with E-state index < -0.39 is 22.2 Å². The van der Waals surface area contributed by atoms with Gasteiger partial charge in [0.25, 0.3) is 5.69 Å². The van der Waals surface area contributed by atoms with Crippen LogP contribution in [0.4, 0.5) is 20.2 Å². The van der Waals surface area contributed by atoms with Crippen LogP contribution in [0.5, 0.6) is 0 Å². The number of hydrogen-bond donors (Lipinski definition) is 0. The van der Waals surface area contributed by atoms with Crippen LogP contribution in [0.2, 0.25) is 0 Å². The van der Waals surface area contributed by atoms with Crippen LogP contribution in [0.25, 0.3) is 0 Å². The summed E-state index contributed by atoms with van der Waals surface area (Å²) in [4.78, 5) is 11.6. The predicted octanol–water partition coefficient (Wildman–Crippen LogP) is 3.45. The molecule has 0 saturated heterocycles. The van der Waals surface area contributed by atoms with E-state index in [1.165, 1.54) is 11.9 Å². The van der Waals surface area contributed by atoms with E-state index >= 15 is 0 Å². The molecular formula is C12H16F2N2O2S. The first-order valence-electron chi connectivity index (χ1n) is 5.74. The Morgan fingerprint density at radius 2 is 2.11 bits per heavy atom. The monoisotopic (exact) mass is 290 g/mol. The number of nitro benzene ring substituents is 1. The Kier molecular flexibility index (Phi) is 5.53. The smallest absolute Gasteiger partial charge is 0.295 e. The van der Waals surface area contributed by atoms with Gasteiger partial charge in [0.1, 0.15) is 0 Å². The third kappa shape index (κ3) is 3.56. The summed E-state index contributed by atoms with van der Waals surface area (Å²) < 4.78 is 27.1. The van der Waals surface area contributed by atoms with Gasteiger partial charge in [0, 0.05) is 19.2 Å². The van der Waals surface area contributed by atoms with Crippen molar-refractivity contribution in [2.75, 3.05) is 24.0 Å². The molecule has 0 aliphatic heterocycles. The highest BCUT2D eigenvalue weighted by molar-refractivity contribution is 7.98. The highest BCUT2D eigenvalue weighted by Gasteiger charge is 2.26. The number of rotatable bonds is 6. The average molecular weight is 290 g/mol. The molecule has 1 rings (SSSR count). The van der Waals surface area contributed by atoms with Gasteiger partial charge in [0.05, 0.1) is 4.92 Å². The summed E-state index contributed by atoms with van der Waals surface area (Å²) in [6, 6.07) is 1.64. The van der Waals surface area contributed by atoms with Gasteiger partial charge in [-0.2, -0.15) is 11.8 Å². The molecule has 4 nitrogen and oxygen atoms in total. The molecule has 0 saturated carbocycles. The molecule has 0 aliphatic rings. The van der Waals surface area contributed by atoms with Gasteiger partial charge in [-0.15, -0.1) is 0 Å². The zero-order chi connectivity index (χ0) is 14.6. The van der Waals surface area contributed by atoms with E-state index in [0.717, 1.165) is 24.3 Å². The maximum absolute atomic E-state index is 13.8. The maximum atomic E-state index is 13.8. The van der Waals surface area contributed by atoms with Crippen molar-refractivity contribution in [3.63, 3.8) is 0 Å². The standard InChI is InChI=1S/C12H16F2N2O2S/c1-8(6-7-19-3)15(2)12-10(16(17)18)5-4-9(13)11(12)14/h4-5,8H,6-7H2,1-3H3. The normalized spacial score (nSPS) is 12.3. The SMILES string of the molecule is CSCCC(C)N(C)c1c([N+](=O)[O-])ccc(F)c1F. The van der Waals surface area contributed by atoms with Crippen molar-refractivity contribution in [2.45, 2.75) is 19.4 Å². The number of anilines is 1. The Balaban J connectivity index is 3.16. The van der Waals surface area contributed by atoms with Gasteiger partial charge in [0.15, 0.2) is 17.3 Å². The third-order valence-electron chi connectivity index (χ3n) is 3.00. The zero-order valence-electron chi connectivity index (χ0n) is 11.0. The lowest BCUT2D eigenvalue weighted by atomic mass is 10.1. The fourth-order valence-corrected chi connectivity index (χ4v) is 2.29. The summed E-state index contributed by atoms with van der Waals surface area (Å²) in [7, 11) is 1.54. The van der Waals surface area contributed by atoms with Crippen molar-refractivity contribution in [1.29, 1.82) is 0 Å². The minimum atomic E-state index is -1.17. The molecule has 1 atom stereocenters. The van der Waals surface area contributed by atoms with Gasteiger partial charge in [-0.3, -0.25) is 10.1 Å². The number of nitro groups is 1. The number of benzene rings is 1. The van der Waals surface area contributed by atoms with Crippen molar-refractivity contribution in [2.24, 2.45) is 0 Å². The van der Waals surface area contributed by atoms with Crippen molar-refractivity contribution in [3.05, 3.63) is 33.9 Å². The lowest BCUT2D eigenvalue weighted by Gasteiger charge is -2.26. The highest BCUT2D eigenvalue weighted by Crippen LogP contribution is 2.33. The summed E-state index contributed by atoms with van der Waals surface area (Å²) >= 11 is 1.63. The van der Waals surface area contributed by atoms with Crippen molar-refractivity contribution in [1.82, 2.24) is 0 Å². The van der Waals surface area contributed by atoms with Gasteiger partial charge in [-0.1, -0.05) is 0 Å². The summed E-state index contributed by atoms with van der Waals surface area (Å²) in [5.41, 5.74) is -0.712. The van der Waals surface area contributed by atoms with E-state index in [9.17, 15) is 18.9 Å². The number of halogens is 2. The lowest BCUT2D eigenvalue weighted by Crippen LogP contribution is -2.31. The molecule has 0 radical (unpaired) electrons. The largest absolute Gasteiger partial charge is 0.364 e. The number of thioether (sulfide) groups is 1. The van der Waals surface area contributed by atoms with Crippen molar-refractivity contribution < 1.29 is 13.7 Å². The van der Waals surface area contributed by atoms with Crippen LogP contribution in [0.1, 0.15) is 13.3 Å². The van der Waals surface area contributed by atoms with E-state index in [1.807, 2.05) is 13.2 Å². The first kappa shape index (κ1) is 15.7. The van der Waals surface area contributed by atoms with Crippen LogP contribution < -0.4 is 4.90 Å². The van der Waals surface area contributed by atoms with E-state index in [1.54, 1.807) is 11.8 Å². The lowest BCUT2D eigenvalue weighted by molar-refractivity contribution is -0.384. The molecule has 0 spiro atoms. The molecule has 1 aromatic carbocycles. The average Bonchev–Trinajstić information content (AvgIpc) is 2.37. The minimum Gasteiger partial charge on any atom is -0.364 e. The van der Waals surface area contributed by atoms with Gasteiger partial charge < -0.3 is 4.90 Å². The molecule has 0 N–H and O–H groups in total. The highest BCUT2D eigenvalue weighted by atomic mass is 32.2. The van der Waals surface area contributed by atoms with Gasteiger partial charge in [-0.25, -0.2) is 8.78 Å². The van der Waals surface area contributed by atoms with E-state index in [-0.39, 0.29) is 11.7 Å². The molecule has 0 amide bonds. The van der Waals surface area contributed by atoms with Crippen molar-refractivity contribution >= 4 is 23.1 Å². The topological polar surface area (TPSA) is 46.4 Å². The van der Waals surface area contributed by atoms with Gasteiger partial charge in [0.2, 0.25) is 0 Å². The van der Waals surface area contributed by atoms with Gasteiger partial charge >= 0.3 is 0 Å². The number of hydrogen-bond acceptors (Lipinski definition) is 4. The Hall–Kier alpha value is -1.37. The predicted molar refractivity (Wildman–Crippen MR) is 73.9 cm³/mol. The molecule has 0 fully saturated rings. The fraction of sp³-hybridized carbons (Fsp3) is 0.500. The third-order valence-corrected chi connectivity index (χ3v) is 3.64. The summed E-state index contributed by atoms with van der Waals surface area (Å²) in [5, 5.41) is 10.9. The molecule has 19 heavy (non-hydrogen) atoms. The molecule has 1 aromatic rings. The second kappa shape index (κ2) is 6.70. The molecule has 106 valence electrons. The molecular weight excluding hydrogens is 274 g/mol. The van der Waals surface area contributed by atoms with Crippen molar-refractivity contribution in [3.8, 4) is 0 Å². The van der Waals surface area contributed by atoms with Crippen LogP contribution in [0.15, 0.2) is 12.1 Å². The van der Waals surface area contributed by atoms with E-state index in [4.69, 9.17) is 0 Å². The Labute approximate surface area is 114 Å². The molecule has 0 aliphatic carbocycles. The summed E-state index contributed by atoms with van der Waals surface area (Å²) in [6.45, 7) is 1.82. The molecule has 7 heteroatoms. The fourth-order valence-electron chi connectivity index (χ4n) is 1.72. The zero-order valence-corrected chi connectivity index (χ0v) is 11.8. The maximum Gasteiger partial charge on any atom is 0.295 e. The van der Waals surface area contributed by atoms with Crippen LogP contribution in [-0.2, 0) is 0 Å². The van der Waals surface area contributed by atoms with E-state index in [0.29, 0.717) is 0 Å². The van der Waals surface area contributed by atoms with Crippen LogP contribution in [0, 0.1) is 21.7 Å². The van der Waals surface area contributed by atoms with Crippen LogP contribution >= 0.6 is 11.8 Å². The van der Waals surface area contributed by atoms with Crippen LogP contribution in [-0.4, -0.2) is 30.0 Å². The second-order valence-corrected chi connectivity index (χ2v) is 5.21. The second-order valence-electron chi connectivity index (χ2n) is 4.23. The Morgan fingerprint density at radius 3 is 2.63 bits per heavy atom. The Bertz CT molecular complexity index is 471. The molecule has 1 unspecified atom stereocenters. The number of nitrogens with zero attached hydrogens (tertiary/aromatic N) is 2. The first-order chi connectivity index (χ1) is 8.90. The quantitative estimate of drug-likeness (QED) is 0.594. The molecule has 0 aromatic heterocycles. The van der Waals surface area contributed by atoms with E-state index in [2.05, 4.69) is 0 Å². The Morgan fingerprint density at radius 1 is 1.47 bits per heavy atom. The molecule has 0 heterocycles. The summed E-state index contributed by atoms with van der Waals surface area (Å²) in [6.07, 6.45) is 2.67. The minimum absolute atomic E-state index is 0.123. The van der Waals surface area contributed by atoms with Gasteiger partial charge in [-0.05, 0) is 31.4 Å². The first-order valence-corrected chi connectivity index (χ1v) is 7.13. The molecule has 0 bridgehead atoms. The summed E-state index contributed by atoms with van der Waals surface area (Å²) in [5.74, 6) is -1.41.